The Morgan fingerprint density at radius 2 is 1.58 bits per heavy atom. The summed E-state index contributed by atoms with van der Waals surface area (Å²) in [5.41, 5.74) is 5.74. The van der Waals surface area contributed by atoms with Crippen molar-refractivity contribution in [2.24, 2.45) is 11.3 Å². The van der Waals surface area contributed by atoms with Crippen molar-refractivity contribution in [2.45, 2.75) is 44.9 Å². The van der Waals surface area contributed by atoms with E-state index in [-0.39, 0.29) is 22.8 Å². The summed E-state index contributed by atoms with van der Waals surface area (Å²) in [4.78, 5) is 41.9. The Morgan fingerprint density at radius 3 is 2.27 bits per heavy atom. The van der Waals surface area contributed by atoms with Crippen LogP contribution in [-0.2, 0) is 22.4 Å². The lowest BCUT2D eigenvalue weighted by molar-refractivity contribution is -0.114. The third kappa shape index (κ3) is 9.07. The Kier molecular flexibility index (Phi) is 11.4. The van der Waals surface area contributed by atoms with Gasteiger partial charge in [0.05, 0.1) is 11.3 Å². The SMILES string of the molecule is CC(C)(C)C1CCc2c(sc(NC(=O)CSc3cccc(NC(=O)/C(=C\c4ccc(-c5ccccc5)cc4)NC(=O)c4ccccc4)c3)c2C#N)C1. The minimum absolute atomic E-state index is 0.0829. The van der Waals surface area contributed by atoms with Crippen molar-refractivity contribution >= 4 is 57.6 Å². The van der Waals surface area contributed by atoms with Gasteiger partial charge in [0.1, 0.15) is 16.8 Å². The highest BCUT2D eigenvalue weighted by atomic mass is 32.2. The first-order valence-corrected chi connectivity index (χ1v) is 19.0. The fraction of sp³-hybridized carbons (Fsp3) is 0.209. The highest BCUT2D eigenvalue weighted by Gasteiger charge is 2.32. The van der Waals surface area contributed by atoms with E-state index in [0.29, 0.717) is 27.7 Å². The third-order valence-electron chi connectivity index (χ3n) is 9.17. The fourth-order valence-electron chi connectivity index (χ4n) is 6.22. The molecule has 0 fully saturated rings. The zero-order valence-corrected chi connectivity index (χ0v) is 31.0. The lowest BCUT2D eigenvalue weighted by Crippen LogP contribution is -2.30. The van der Waals surface area contributed by atoms with E-state index in [9.17, 15) is 19.6 Å². The molecule has 0 radical (unpaired) electrons. The zero-order valence-electron chi connectivity index (χ0n) is 29.4. The quantitative estimate of drug-likeness (QED) is 0.0982. The Balaban J connectivity index is 1.13. The average Bonchev–Trinajstić information content (AvgIpc) is 3.50. The molecule has 7 nitrogen and oxygen atoms in total. The molecule has 1 heterocycles. The average molecular weight is 725 g/mol. The molecule has 1 atom stereocenters. The first-order valence-electron chi connectivity index (χ1n) is 17.2. The van der Waals surface area contributed by atoms with Gasteiger partial charge < -0.3 is 16.0 Å². The van der Waals surface area contributed by atoms with Gasteiger partial charge in [-0.3, -0.25) is 14.4 Å². The summed E-state index contributed by atoms with van der Waals surface area (Å²) < 4.78 is 0. The van der Waals surface area contributed by atoms with Crippen molar-refractivity contribution in [3.05, 3.63) is 142 Å². The second-order valence-corrected chi connectivity index (χ2v) is 16.0. The van der Waals surface area contributed by atoms with Crippen LogP contribution in [0.5, 0.6) is 0 Å². The number of thioether (sulfide) groups is 1. The van der Waals surface area contributed by atoms with Crippen molar-refractivity contribution in [1.82, 2.24) is 5.32 Å². The van der Waals surface area contributed by atoms with Gasteiger partial charge in [-0.25, -0.2) is 0 Å². The molecule has 0 aliphatic heterocycles. The monoisotopic (exact) mass is 724 g/mol. The first kappa shape index (κ1) is 36.4. The second kappa shape index (κ2) is 16.3. The van der Waals surface area contributed by atoms with E-state index in [1.54, 1.807) is 48.5 Å². The fourth-order valence-corrected chi connectivity index (χ4v) is 8.27. The summed E-state index contributed by atoms with van der Waals surface area (Å²) in [5, 5.41) is 19.3. The summed E-state index contributed by atoms with van der Waals surface area (Å²) >= 11 is 2.86. The highest BCUT2D eigenvalue weighted by molar-refractivity contribution is 8.00. The number of benzene rings is 4. The van der Waals surface area contributed by atoms with Crippen LogP contribution >= 0.6 is 23.1 Å². The van der Waals surface area contributed by atoms with Gasteiger partial charge in [0.2, 0.25) is 5.91 Å². The Bertz CT molecular complexity index is 2140. The van der Waals surface area contributed by atoms with E-state index >= 15 is 0 Å². The van der Waals surface area contributed by atoms with Crippen LogP contribution in [0.3, 0.4) is 0 Å². The van der Waals surface area contributed by atoms with E-state index < -0.39 is 11.8 Å². The number of carbonyl (C=O) groups is 3. The normalized spacial score (nSPS) is 14.1. The molecule has 0 saturated heterocycles. The van der Waals surface area contributed by atoms with Gasteiger partial charge in [-0.1, -0.05) is 99.6 Å². The van der Waals surface area contributed by atoms with E-state index in [2.05, 4.69) is 42.8 Å². The minimum Gasteiger partial charge on any atom is -0.321 e. The number of nitrogens with zero attached hydrogens (tertiary/aromatic N) is 1. The number of hydrogen-bond acceptors (Lipinski definition) is 6. The number of thiophene rings is 1. The summed E-state index contributed by atoms with van der Waals surface area (Å²) in [6, 6.07) is 36.0. The van der Waals surface area contributed by atoms with Crippen molar-refractivity contribution in [2.75, 3.05) is 16.4 Å². The molecule has 1 aliphatic carbocycles. The predicted molar refractivity (Wildman–Crippen MR) is 212 cm³/mol. The lowest BCUT2D eigenvalue weighted by Gasteiger charge is -2.33. The van der Waals surface area contributed by atoms with Crippen LogP contribution in [0.15, 0.2) is 120 Å². The van der Waals surface area contributed by atoms with E-state index in [1.165, 1.54) is 28.0 Å². The van der Waals surface area contributed by atoms with Gasteiger partial charge in [0.15, 0.2) is 0 Å². The molecule has 0 saturated carbocycles. The number of hydrogen-bond donors (Lipinski definition) is 3. The van der Waals surface area contributed by atoms with Gasteiger partial charge in [-0.05, 0) is 89.3 Å². The Morgan fingerprint density at radius 1 is 0.885 bits per heavy atom. The molecular weight excluding hydrogens is 685 g/mol. The first-order chi connectivity index (χ1) is 25.1. The van der Waals surface area contributed by atoms with Crippen LogP contribution in [0, 0.1) is 22.7 Å². The van der Waals surface area contributed by atoms with E-state index in [0.717, 1.165) is 46.4 Å². The van der Waals surface area contributed by atoms with Crippen molar-refractivity contribution in [1.29, 1.82) is 5.26 Å². The number of fused-ring (bicyclic) bond motifs is 1. The second-order valence-electron chi connectivity index (χ2n) is 13.8. The summed E-state index contributed by atoms with van der Waals surface area (Å²) in [7, 11) is 0. The van der Waals surface area contributed by atoms with Crippen LogP contribution in [0.25, 0.3) is 17.2 Å². The molecular formula is C43H40N4O3S2. The standard InChI is InChI=1S/C43H40N4O3S2/c1-43(2,3)32-21-22-35-36(26-44)42(52-38(35)24-32)47-39(48)27-51-34-16-10-15-33(25-34)45-41(50)37(46-40(49)31-13-8-5-9-14-31)23-28-17-19-30(20-18-28)29-11-6-4-7-12-29/h4-20,23,25,32H,21-22,24,27H2,1-3H3,(H,45,50)(H,46,49)(H,47,48)/b37-23+. The van der Waals surface area contributed by atoms with Gasteiger partial charge in [0.25, 0.3) is 11.8 Å². The Labute approximate surface area is 313 Å². The third-order valence-corrected chi connectivity index (χ3v) is 11.3. The molecule has 1 aliphatic rings. The van der Waals surface area contributed by atoms with Gasteiger partial charge in [-0.2, -0.15) is 5.26 Å². The molecule has 1 unspecified atom stereocenters. The van der Waals surface area contributed by atoms with Crippen molar-refractivity contribution in [3.8, 4) is 17.2 Å². The molecule has 5 aromatic rings. The van der Waals surface area contributed by atoms with Gasteiger partial charge in [0, 0.05) is 21.0 Å². The number of nitriles is 1. The zero-order chi connectivity index (χ0) is 36.7. The maximum absolute atomic E-state index is 13.7. The molecule has 3 amide bonds. The molecule has 262 valence electrons. The van der Waals surface area contributed by atoms with Gasteiger partial charge >= 0.3 is 0 Å². The van der Waals surface area contributed by atoms with Crippen LogP contribution in [0.4, 0.5) is 10.7 Å². The maximum Gasteiger partial charge on any atom is 0.272 e. The van der Waals surface area contributed by atoms with Crippen LogP contribution in [-0.4, -0.2) is 23.5 Å². The molecule has 0 bridgehead atoms. The molecule has 1 aromatic heterocycles. The molecule has 4 aromatic carbocycles. The number of anilines is 2. The Hall–Kier alpha value is -5.43. The van der Waals surface area contributed by atoms with Crippen molar-refractivity contribution < 1.29 is 14.4 Å². The number of rotatable bonds is 10. The molecule has 52 heavy (non-hydrogen) atoms. The summed E-state index contributed by atoms with van der Waals surface area (Å²) in [6.07, 6.45) is 4.47. The molecule has 0 spiro atoms. The number of nitrogens with one attached hydrogen (secondary N) is 3. The van der Waals surface area contributed by atoms with Crippen LogP contribution in [0.2, 0.25) is 0 Å². The molecule has 3 N–H and O–H groups in total. The van der Waals surface area contributed by atoms with E-state index in [1.807, 2.05) is 66.7 Å². The predicted octanol–water partition coefficient (Wildman–Crippen LogP) is 9.58. The minimum atomic E-state index is -0.490. The summed E-state index contributed by atoms with van der Waals surface area (Å²) in [5.74, 6) is -0.425. The molecule has 6 rings (SSSR count). The van der Waals surface area contributed by atoms with Crippen molar-refractivity contribution in [3.63, 3.8) is 0 Å². The maximum atomic E-state index is 13.7. The summed E-state index contributed by atoms with van der Waals surface area (Å²) in [6.45, 7) is 6.77. The van der Waals surface area contributed by atoms with Gasteiger partial charge in [-0.15, -0.1) is 23.1 Å². The number of amides is 3. The largest absolute Gasteiger partial charge is 0.321 e. The topological polar surface area (TPSA) is 111 Å². The molecule has 9 heteroatoms. The van der Waals surface area contributed by atoms with E-state index in [4.69, 9.17) is 0 Å². The lowest BCUT2D eigenvalue weighted by atomic mass is 9.72. The van der Waals surface area contributed by atoms with Crippen LogP contribution in [0.1, 0.15) is 59.1 Å². The smallest absolute Gasteiger partial charge is 0.272 e. The highest BCUT2D eigenvalue weighted by Crippen LogP contribution is 2.44. The van der Waals surface area contributed by atoms with Crippen LogP contribution < -0.4 is 16.0 Å². The number of carbonyl (C=O) groups excluding carboxylic acids is 3.